The van der Waals surface area contributed by atoms with Crippen LogP contribution in [0.25, 0.3) is 0 Å². The first-order chi connectivity index (χ1) is 9.40. The van der Waals surface area contributed by atoms with Crippen molar-refractivity contribution in [2.75, 3.05) is 5.32 Å². The maximum absolute atomic E-state index is 11.0. The first-order valence-electron chi connectivity index (χ1n) is 6.19. The van der Waals surface area contributed by atoms with Gasteiger partial charge in [-0.3, -0.25) is 10.1 Å². The van der Waals surface area contributed by atoms with Crippen LogP contribution in [0.3, 0.4) is 0 Å². The lowest BCUT2D eigenvalue weighted by atomic mass is 10.2. The quantitative estimate of drug-likeness (QED) is 0.688. The van der Waals surface area contributed by atoms with Crippen LogP contribution in [-0.2, 0) is 13.6 Å². The topological polar surface area (TPSA) is 60.1 Å². The minimum atomic E-state index is -0.415. The van der Waals surface area contributed by atoms with Gasteiger partial charge in [0, 0.05) is 36.1 Å². The Kier molecular flexibility index (Phi) is 3.99. The number of aryl methyl sites for hydroxylation is 1. The van der Waals surface area contributed by atoms with Gasteiger partial charge in [-0.1, -0.05) is 11.6 Å². The highest BCUT2D eigenvalue weighted by Gasteiger charge is 2.14. The first-order valence-corrected chi connectivity index (χ1v) is 6.57. The molecule has 0 saturated heterocycles. The Morgan fingerprint density at radius 3 is 2.60 bits per heavy atom. The summed E-state index contributed by atoms with van der Waals surface area (Å²) < 4.78 is 2.09. The lowest BCUT2D eigenvalue weighted by molar-refractivity contribution is -0.384. The Bertz CT molecular complexity index is 665. The van der Waals surface area contributed by atoms with Crippen LogP contribution in [0.2, 0.25) is 5.02 Å². The van der Waals surface area contributed by atoms with Crippen molar-refractivity contribution in [3.8, 4) is 0 Å². The van der Waals surface area contributed by atoms with Gasteiger partial charge in [0.05, 0.1) is 4.92 Å². The van der Waals surface area contributed by atoms with E-state index in [4.69, 9.17) is 11.6 Å². The van der Waals surface area contributed by atoms with E-state index < -0.39 is 4.92 Å². The Balaban J connectivity index is 2.24. The largest absolute Gasteiger partial charge is 0.375 e. The van der Waals surface area contributed by atoms with E-state index in [2.05, 4.69) is 16.0 Å². The van der Waals surface area contributed by atoms with E-state index in [9.17, 15) is 10.1 Å². The Labute approximate surface area is 122 Å². The Morgan fingerprint density at radius 1 is 1.35 bits per heavy atom. The third-order valence-electron chi connectivity index (χ3n) is 3.50. The minimum Gasteiger partial charge on any atom is -0.375 e. The summed E-state index contributed by atoms with van der Waals surface area (Å²) in [4.78, 5) is 10.6. The molecular weight excluding hydrogens is 278 g/mol. The lowest BCUT2D eigenvalue weighted by Crippen LogP contribution is -2.04. The number of benzene rings is 1. The predicted octanol–water partition coefficient (Wildman–Crippen LogP) is 3.82. The molecule has 0 aliphatic rings. The number of nitro groups is 1. The van der Waals surface area contributed by atoms with Crippen molar-refractivity contribution in [2.24, 2.45) is 7.05 Å². The molecule has 20 heavy (non-hydrogen) atoms. The summed E-state index contributed by atoms with van der Waals surface area (Å²) in [5.41, 5.74) is 3.86. The average Bonchev–Trinajstić information content (AvgIpc) is 2.63. The number of hydrogen-bond donors (Lipinski definition) is 1. The molecule has 0 aliphatic heterocycles. The third-order valence-corrected chi connectivity index (χ3v) is 3.74. The van der Waals surface area contributed by atoms with E-state index >= 15 is 0 Å². The van der Waals surface area contributed by atoms with E-state index in [0.29, 0.717) is 17.3 Å². The molecule has 6 heteroatoms. The van der Waals surface area contributed by atoms with E-state index in [1.165, 1.54) is 12.1 Å². The fraction of sp³-hybridized carbons (Fsp3) is 0.286. The summed E-state index contributed by atoms with van der Waals surface area (Å²) in [5, 5.41) is 14.6. The summed E-state index contributed by atoms with van der Waals surface area (Å²) in [6.07, 6.45) is 0. The highest BCUT2D eigenvalue weighted by Crippen LogP contribution is 2.28. The highest BCUT2D eigenvalue weighted by atomic mass is 35.5. The first kappa shape index (κ1) is 14.4. The monoisotopic (exact) mass is 293 g/mol. The summed E-state index contributed by atoms with van der Waals surface area (Å²) >= 11 is 5.90. The van der Waals surface area contributed by atoms with E-state index in [1.54, 1.807) is 6.07 Å². The summed E-state index contributed by atoms with van der Waals surface area (Å²) in [6.45, 7) is 4.57. The van der Waals surface area contributed by atoms with Crippen molar-refractivity contribution in [1.29, 1.82) is 0 Å². The van der Waals surface area contributed by atoms with Crippen LogP contribution in [0.5, 0.6) is 0 Å². The average molecular weight is 294 g/mol. The van der Waals surface area contributed by atoms with Gasteiger partial charge < -0.3 is 9.88 Å². The Hall–Kier alpha value is -2.01. The minimum absolute atomic E-state index is 0.0275. The molecule has 0 atom stereocenters. The van der Waals surface area contributed by atoms with Gasteiger partial charge >= 0.3 is 0 Å². The molecule has 2 aromatic rings. The zero-order valence-electron chi connectivity index (χ0n) is 11.6. The number of aromatic nitrogens is 1. The van der Waals surface area contributed by atoms with Crippen LogP contribution < -0.4 is 5.32 Å². The van der Waals surface area contributed by atoms with Gasteiger partial charge in [-0.05, 0) is 37.6 Å². The molecule has 1 aromatic heterocycles. The van der Waals surface area contributed by atoms with E-state index in [0.717, 1.165) is 17.0 Å². The van der Waals surface area contributed by atoms with Crippen molar-refractivity contribution >= 4 is 23.0 Å². The van der Waals surface area contributed by atoms with Crippen LogP contribution in [-0.4, -0.2) is 9.49 Å². The molecule has 0 saturated carbocycles. The van der Waals surface area contributed by atoms with Crippen molar-refractivity contribution in [2.45, 2.75) is 20.4 Å². The molecule has 0 aliphatic carbocycles. The maximum atomic E-state index is 11.0. The SMILES string of the molecule is Cc1cc(CNc2cc(Cl)ccc2[N+](=O)[O-])c(C)n1C. The molecule has 1 heterocycles. The van der Waals surface area contributed by atoms with Crippen LogP contribution in [0.4, 0.5) is 11.4 Å². The van der Waals surface area contributed by atoms with Gasteiger partial charge in [-0.25, -0.2) is 0 Å². The standard InChI is InChI=1S/C14H16ClN3O2/c1-9-6-11(10(2)17(9)3)8-16-13-7-12(15)4-5-14(13)18(19)20/h4-7,16H,8H2,1-3H3. The fourth-order valence-corrected chi connectivity index (χ4v) is 2.28. The second-order valence-corrected chi connectivity index (χ2v) is 5.16. The van der Waals surface area contributed by atoms with Crippen LogP contribution in [0.1, 0.15) is 17.0 Å². The van der Waals surface area contributed by atoms with Gasteiger partial charge in [0.25, 0.3) is 5.69 Å². The summed E-state index contributed by atoms with van der Waals surface area (Å²) in [7, 11) is 2.00. The second kappa shape index (κ2) is 5.54. The summed E-state index contributed by atoms with van der Waals surface area (Å²) in [6, 6.07) is 6.57. The van der Waals surface area contributed by atoms with E-state index in [1.807, 2.05) is 20.9 Å². The molecule has 0 bridgehead atoms. The molecule has 5 nitrogen and oxygen atoms in total. The van der Waals surface area contributed by atoms with E-state index in [-0.39, 0.29) is 5.69 Å². The van der Waals surface area contributed by atoms with Crippen molar-refractivity contribution in [3.63, 3.8) is 0 Å². The smallest absolute Gasteiger partial charge is 0.292 e. The number of hydrogen-bond acceptors (Lipinski definition) is 3. The molecule has 0 radical (unpaired) electrons. The number of nitrogens with zero attached hydrogens (tertiary/aromatic N) is 2. The fourth-order valence-electron chi connectivity index (χ4n) is 2.11. The predicted molar refractivity (Wildman–Crippen MR) is 80.3 cm³/mol. The zero-order valence-corrected chi connectivity index (χ0v) is 12.4. The third kappa shape index (κ3) is 2.77. The number of halogens is 1. The van der Waals surface area contributed by atoms with Crippen molar-refractivity contribution in [3.05, 3.63) is 56.4 Å². The molecule has 2 rings (SSSR count). The zero-order chi connectivity index (χ0) is 14.9. The normalized spacial score (nSPS) is 10.6. The molecule has 106 valence electrons. The van der Waals surface area contributed by atoms with Gasteiger partial charge in [0.2, 0.25) is 0 Å². The Morgan fingerprint density at radius 2 is 2.05 bits per heavy atom. The number of nitrogens with one attached hydrogen (secondary N) is 1. The highest BCUT2D eigenvalue weighted by molar-refractivity contribution is 6.31. The summed E-state index contributed by atoms with van der Waals surface area (Å²) in [5.74, 6) is 0. The molecule has 0 unspecified atom stereocenters. The van der Waals surface area contributed by atoms with Crippen LogP contribution in [0, 0.1) is 24.0 Å². The van der Waals surface area contributed by atoms with Crippen LogP contribution >= 0.6 is 11.6 Å². The van der Waals surface area contributed by atoms with Crippen LogP contribution in [0.15, 0.2) is 24.3 Å². The molecule has 0 spiro atoms. The number of nitro benzene ring substituents is 1. The molecule has 1 N–H and O–H groups in total. The number of anilines is 1. The van der Waals surface area contributed by atoms with Gasteiger partial charge in [-0.2, -0.15) is 0 Å². The molecule has 0 amide bonds. The maximum Gasteiger partial charge on any atom is 0.292 e. The van der Waals surface area contributed by atoms with Gasteiger partial charge in [0.1, 0.15) is 5.69 Å². The second-order valence-electron chi connectivity index (χ2n) is 4.73. The number of rotatable bonds is 4. The molecular formula is C14H16ClN3O2. The van der Waals surface area contributed by atoms with Gasteiger partial charge in [0.15, 0.2) is 0 Å². The lowest BCUT2D eigenvalue weighted by Gasteiger charge is -2.08. The molecule has 0 fully saturated rings. The molecule has 1 aromatic carbocycles. The van der Waals surface area contributed by atoms with Crippen molar-refractivity contribution in [1.82, 2.24) is 4.57 Å². The van der Waals surface area contributed by atoms with Gasteiger partial charge in [-0.15, -0.1) is 0 Å². The van der Waals surface area contributed by atoms with Crippen molar-refractivity contribution < 1.29 is 4.92 Å².